The third-order valence-electron chi connectivity index (χ3n) is 12.5. The van der Waals surface area contributed by atoms with E-state index in [9.17, 15) is 34.3 Å². The first-order chi connectivity index (χ1) is 34.9. The van der Waals surface area contributed by atoms with E-state index in [1.54, 1.807) is 40.8 Å². The Morgan fingerprint density at radius 3 is 2.46 bits per heavy atom. The molecule has 0 saturated carbocycles. The van der Waals surface area contributed by atoms with E-state index in [0.717, 1.165) is 24.0 Å². The van der Waals surface area contributed by atoms with Crippen LogP contribution in [-0.2, 0) is 48.3 Å². The van der Waals surface area contributed by atoms with Gasteiger partial charge in [0.1, 0.15) is 53.8 Å². The number of methoxy groups -OCH3 is 1. The molecule has 3 unspecified atom stereocenters. The van der Waals surface area contributed by atoms with Crippen LogP contribution in [0.4, 0.5) is 10.6 Å². The highest BCUT2D eigenvalue weighted by Crippen LogP contribution is 2.31. The summed E-state index contributed by atoms with van der Waals surface area (Å²) in [6, 6.07) is 15.1. The van der Waals surface area contributed by atoms with Gasteiger partial charge in [-0.2, -0.15) is 15.2 Å². The maximum absolute atomic E-state index is 13.4. The molecule has 3 aliphatic rings. The molecule has 7 rings (SSSR count). The Hall–Kier alpha value is -7.28. The molecule has 4 aromatic rings. The Morgan fingerprint density at radius 1 is 0.931 bits per heavy atom. The van der Waals surface area contributed by atoms with Gasteiger partial charge in [0.25, 0.3) is 11.8 Å². The second kappa shape index (κ2) is 25.7. The zero-order chi connectivity index (χ0) is 51.0. The Morgan fingerprint density at radius 2 is 1.71 bits per heavy atom. The smallest absolute Gasteiger partial charge is 0.410 e. The highest BCUT2D eigenvalue weighted by atomic mass is 16.7. The van der Waals surface area contributed by atoms with Crippen LogP contribution in [0.1, 0.15) is 87.1 Å². The number of aldehydes is 1. The quantitative estimate of drug-likeness (QED) is 0.0472. The van der Waals surface area contributed by atoms with Crippen LogP contribution in [-0.4, -0.2) is 143 Å². The number of nitrogens with one attached hydrogen (secondary N) is 1. The number of aliphatic hydroxyl groups excluding tert-OH is 1. The number of carbonyl (C=O) groups excluding carboxylic acids is 5. The number of aliphatic hydroxyl groups is 1. The summed E-state index contributed by atoms with van der Waals surface area (Å²) in [5, 5.41) is 23.7. The topological polar surface area (TPSA) is 263 Å². The Kier molecular flexibility index (Phi) is 18.8. The van der Waals surface area contributed by atoms with Crippen molar-refractivity contribution in [3.63, 3.8) is 0 Å². The zero-order valence-electron chi connectivity index (χ0n) is 40.8. The first-order valence-corrected chi connectivity index (χ1v) is 24.5. The third-order valence-corrected chi connectivity index (χ3v) is 12.5. The van der Waals surface area contributed by atoms with E-state index in [2.05, 4.69) is 33.2 Å². The van der Waals surface area contributed by atoms with E-state index < -0.39 is 24.6 Å². The average molecular weight is 994 g/mol. The molecule has 3 atom stereocenters. The predicted molar refractivity (Wildman–Crippen MR) is 261 cm³/mol. The predicted octanol–water partition coefficient (Wildman–Crippen LogP) is 4.39. The van der Waals surface area contributed by atoms with E-state index in [1.807, 2.05) is 18.2 Å². The molecule has 2 aromatic carbocycles. The minimum absolute atomic E-state index is 0.0944. The summed E-state index contributed by atoms with van der Waals surface area (Å²) >= 11 is 0. The van der Waals surface area contributed by atoms with E-state index in [0.29, 0.717) is 137 Å². The van der Waals surface area contributed by atoms with Gasteiger partial charge in [-0.1, -0.05) is 31.9 Å². The number of benzene rings is 2. The van der Waals surface area contributed by atoms with Gasteiger partial charge in [0.2, 0.25) is 12.2 Å². The molecule has 0 aliphatic carbocycles. The van der Waals surface area contributed by atoms with Crippen molar-refractivity contribution >= 4 is 47.0 Å². The Bertz CT molecular complexity index is 2610. The number of amides is 4. The number of nitrogen functional groups attached to an aromatic ring is 1. The van der Waals surface area contributed by atoms with Gasteiger partial charge >= 0.3 is 12.1 Å². The number of hydrogen-bond donors (Lipinski definition) is 3. The van der Waals surface area contributed by atoms with Crippen LogP contribution in [0, 0.1) is 11.3 Å². The number of nitrogens with two attached hydrogens (primary N) is 1. The fourth-order valence-electron chi connectivity index (χ4n) is 8.54. The van der Waals surface area contributed by atoms with Gasteiger partial charge in [0.15, 0.2) is 5.65 Å². The molecule has 0 bridgehead atoms. The molecule has 0 spiro atoms. The number of anilines is 1. The van der Waals surface area contributed by atoms with Gasteiger partial charge in [-0.25, -0.2) is 4.79 Å². The molecule has 3 aliphatic heterocycles. The molecule has 2 aromatic heterocycles. The molecular weight excluding hydrogens is 931 g/mol. The SMILES string of the molecule is CCCCOc1nc(N)c2cc(C#N)n(Cc3ccc(CN4CCN(C(=O)OCc5ccc(OC6CC(O)CC(C=O)O6)cc5OCCCNC(=O)CCCCCN5C(=O)C=CC5=O)CC4)cc3OC)c2n1. The maximum Gasteiger partial charge on any atom is 0.410 e. The number of hydrogen-bond acceptors (Lipinski definition) is 17. The fourth-order valence-corrected chi connectivity index (χ4v) is 8.54. The second-order valence-electron chi connectivity index (χ2n) is 17.8. The highest BCUT2D eigenvalue weighted by molar-refractivity contribution is 6.12. The van der Waals surface area contributed by atoms with Crippen molar-refractivity contribution in [1.29, 1.82) is 5.26 Å². The first-order valence-electron chi connectivity index (χ1n) is 24.5. The fraction of sp³-hybridized carbons (Fsp3) is 0.490. The third kappa shape index (κ3) is 14.2. The standard InChI is InChI=1S/C51H63N9O12/c1-3-4-22-69-50-55-48(53)41-25-37(29-52)60(49(41)56-50)31-35-11-10-34(24-42(35)67-2)30-57-18-20-58(21-19-57)51(66)70-33-36-12-13-39(71-47-27-38(62)26-40(32-61)72-47)28-43(36)68-23-8-16-54-44(63)9-6-5-7-17-59-45(64)14-15-46(59)65/h10-15,24-25,28,32,38,40,47,62H,3-9,16-23,26-27,30-31,33H2,1-2H3,(H,54,63)(H2,53,55,56). The monoisotopic (exact) mass is 993 g/mol. The van der Waals surface area contributed by atoms with Gasteiger partial charge in [-0.3, -0.25) is 24.2 Å². The summed E-state index contributed by atoms with van der Waals surface area (Å²) in [6.07, 6.45) is 5.09. The largest absolute Gasteiger partial charge is 0.496 e. The molecule has 2 fully saturated rings. The van der Waals surface area contributed by atoms with Crippen LogP contribution in [0.5, 0.6) is 23.3 Å². The van der Waals surface area contributed by atoms with E-state index in [4.69, 9.17) is 34.2 Å². The maximum atomic E-state index is 13.4. The molecule has 21 heteroatoms. The molecule has 4 N–H and O–H groups in total. The van der Waals surface area contributed by atoms with Crippen molar-refractivity contribution < 1.29 is 57.5 Å². The van der Waals surface area contributed by atoms with Gasteiger partial charge < -0.3 is 58.8 Å². The molecule has 5 heterocycles. The van der Waals surface area contributed by atoms with E-state index >= 15 is 0 Å². The number of carbonyl (C=O) groups is 5. The normalized spacial score (nSPS) is 18.0. The number of unbranched alkanes of at least 4 members (excludes halogenated alkanes) is 3. The Labute approximate surface area is 417 Å². The number of rotatable bonds is 25. The van der Waals surface area contributed by atoms with Crippen LogP contribution < -0.4 is 30.0 Å². The number of piperazine rings is 1. The van der Waals surface area contributed by atoms with Crippen molar-refractivity contribution in [2.45, 2.75) is 103 Å². The number of fused-ring (bicyclic) bond motifs is 1. The van der Waals surface area contributed by atoms with Crippen LogP contribution in [0.3, 0.4) is 0 Å². The van der Waals surface area contributed by atoms with Crippen LogP contribution in [0.2, 0.25) is 0 Å². The van der Waals surface area contributed by atoms with Gasteiger partial charge in [-0.05, 0) is 55.5 Å². The number of nitrogens with zero attached hydrogens (tertiary/aromatic N) is 7. The van der Waals surface area contributed by atoms with Crippen molar-refractivity contribution in [1.82, 2.24) is 34.6 Å². The summed E-state index contributed by atoms with van der Waals surface area (Å²) in [4.78, 5) is 74.7. The van der Waals surface area contributed by atoms with Crippen molar-refractivity contribution in [3.8, 4) is 29.3 Å². The number of ether oxygens (including phenoxy) is 6. The van der Waals surface area contributed by atoms with Gasteiger partial charge in [0, 0.05) is 94.4 Å². The summed E-state index contributed by atoms with van der Waals surface area (Å²) in [6.45, 7) is 6.32. The molecule has 72 heavy (non-hydrogen) atoms. The Balaban J connectivity index is 0.892. The lowest BCUT2D eigenvalue weighted by atomic mass is 10.1. The average Bonchev–Trinajstić information content (AvgIpc) is 3.90. The second-order valence-corrected chi connectivity index (χ2v) is 17.8. The van der Waals surface area contributed by atoms with Gasteiger partial charge in [-0.15, -0.1) is 0 Å². The first kappa shape index (κ1) is 52.5. The molecule has 0 radical (unpaired) electrons. The number of nitriles is 1. The van der Waals surface area contributed by atoms with Crippen LogP contribution in [0.15, 0.2) is 54.6 Å². The summed E-state index contributed by atoms with van der Waals surface area (Å²) in [5.41, 5.74) is 9.57. The van der Waals surface area contributed by atoms with Crippen molar-refractivity contribution in [3.05, 3.63) is 77.0 Å². The van der Waals surface area contributed by atoms with E-state index in [1.165, 1.54) is 17.1 Å². The minimum Gasteiger partial charge on any atom is -0.496 e. The molecule has 21 nitrogen and oxygen atoms in total. The zero-order valence-corrected chi connectivity index (χ0v) is 40.8. The van der Waals surface area contributed by atoms with Crippen molar-refractivity contribution in [2.75, 3.05) is 65.3 Å². The van der Waals surface area contributed by atoms with E-state index in [-0.39, 0.29) is 55.6 Å². The number of aromatic nitrogens is 3. The lowest BCUT2D eigenvalue weighted by Crippen LogP contribution is -2.48. The lowest BCUT2D eigenvalue weighted by Gasteiger charge is -2.34. The van der Waals surface area contributed by atoms with Gasteiger partial charge in [0.05, 0.1) is 38.4 Å². The van der Waals surface area contributed by atoms with Crippen LogP contribution >= 0.6 is 0 Å². The van der Waals surface area contributed by atoms with Crippen molar-refractivity contribution in [2.24, 2.45) is 0 Å². The molecule has 4 amide bonds. The highest BCUT2D eigenvalue weighted by Gasteiger charge is 2.30. The molecular formula is C51H63N9O12. The summed E-state index contributed by atoms with van der Waals surface area (Å²) < 4.78 is 37.0. The molecule has 384 valence electrons. The molecule has 2 saturated heterocycles. The summed E-state index contributed by atoms with van der Waals surface area (Å²) in [5.74, 6) is 0.891. The lowest BCUT2D eigenvalue weighted by molar-refractivity contribution is -0.176. The summed E-state index contributed by atoms with van der Waals surface area (Å²) in [7, 11) is 1.61. The minimum atomic E-state index is -0.866. The number of imide groups is 1. The van der Waals surface area contributed by atoms with Crippen LogP contribution in [0.25, 0.3) is 11.0 Å².